The molecule has 1 N–H and O–H groups in total. The number of fused-ring (bicyclic) bond motifs is 1. The Morgan fingerprint density at radius 2 is 2.24 bits per heavy atom. The Balaban J connectivity index is 1.76. The van der Waals surface area contributed by atoms with Crippen molar-refractivity contribution in [2.45, 2.75) is 32.1 Å². The number of rotatable bonds is 4. The third-order valence-corrected chi connectivity index (χ3v) is 4.30. The number of hydrogen-bond acceptors (Lipinski definition) is 2. The van der Waals surface area contributed by atoms with E-state index in [1.807, 2.05) is 0 Å². The Kier molecular flexibility index (Phi) is 2.83. The van der Waals surface area contributed by atoms with E-state index in [-0.39, 0.29) is 0 Å². The summed E-state index contributed by atoms with van der Waals surface area (Å²) in [5, 5.41) is 3.36. The van der Waals surface area contributed by atoms with E-state index in [1.54, 1.807) is 0 Å². The van der Waals surface area contributed by atoms with Gasteiger partial charge >= 0.3 is 0 Å². The fourth-order valence-electron chi connectivity index (χ4n) is 3.25. The van der Waals surface area contributed by atoms with Gasteiger partial charge in [0.25, 0.3) is 0 Å². The maximum atomic E-state index is 5.56. The van der Waals surface area contributed by atoms with Crippen molar-refractivity contribution < 1.29 is 4.74 Å². The van der Waals surface area contributed by atoms with Crippen LogP contribution in [0.5, 0.6) is 5.75 Å². The van der Waals surface area contributed by atoms with Crippen LogP contribution < -0.4 is 10.1 Å². The first-order valence-corrected chi connectivity index (χ1v) is 6.71. The highest BCUT2D eigenvalue weighted by molar-refractivity contribution is 5.40. The highest BCUT2D eigenvalue weighted by Gasteiger charge is 2.36. The zero-order chi connectivity index (χ0) is 11.7. The van der Waals surface area contributed by atoms with Crippen molar-refractivity contribution >= 4 is 0 Å². The summed E-state index contributed by atoms with van der Waals surface area (Å²) in [6, 6.07) is 6.77. The molecular formula is C15H21NO. The molecule has 3 rings (SSSR count). The van der Waals surface area contributed by atoms with Crippen LogP contribution in [-0.2, 0) is 12.8 Å². The van der Waals surface area contributed by atoms with Gasteiger partial charge in [-0.1, -0.05) is 18.6 Å². The molecule has 0 aromatic heterocycles. The summed E-state index contributed by atoms with van der Waals surface area (Å²) >= 11 is 0. The van der Waals surface area contributed by atoms with E-state index in [0.717, 1.165) is 25.3 Å². The maximum absolute atomic E-state index is 5.56. The van der Waals surface area contributed by atoms with Gasteiger partial charge in [0.1, 0.15) is 5.75 Å². The van der Waals surface area contributed by atoms with Gasteiger partial charge in [0.05, 0.1) is 6.61 Å². The number of benzene rings is 1. The van der Waals surface area contributed by atoms with Crippen molar-refractivity contribution in [3.8, 4) is 5.75 Å². The molecule has 1 aliphatic heterocycles. The van der Waals surface area contributed by atoms with Crippen LogP contribution >= 0.6 is 0 Å². The Hall–Kier alpha value is -1.02. The predicted molar refractivity (Wildman–Crippen MR) is 69.6 cm³/mol. The molecule has 0 amide bonds. The van der Waals surface area contributed by atoms with Gasteiger partial charge in [-0.25, -0.2) is 0 Å². The fraction of sp³-hybridized carbons (Fsp3) is 0.600. The molecule has 1 saturated carbocycles. The third kappa shape index (κ3) is 2.06. The van der Waals surface area contributed by atoms with Crippen molar-refractivity contribution in [3.63, 3.8) is 0 Å². The van der Waals surface area contributed by atoms with Crippen LogP contribution in [0.15, 0.2) is 18.2 Å². The smallest absolute Gasteiger partial charge is 0.122 e. The van der Waals surface area contributed by atoms with Crippen LogP contribution in [0.2, 0.25) is 0 Å². The molecular weight excluding hydrogens is 210 g/mol. The van der Waals surface area contributed by atoms with Crippen LogP contribution in [0, 0.1) is 5.41 Å². The second kappa shape index (κ2) is 4.34. The summed E-state index contributed by atoms with van der Waals surface area (Å²) in [4.78, 5) is 0. The average Bonchev–Trinajstić information content (AvgIpc) is 2.73. The molecule has 0 saturated heterocycles. The van der Waals surface area contributed by atoms with Gasteiger partial charge in [-0.15, -0.1) is 0 Å². The van der Waals surface area contributed by atoms with Gasteiger partial charge in [-0.05, 0) is 48.9 Å². The highest BCUT2D eigenvalue weighted by Crippen LogP contribution is 2.43. The van der Waals surface area contributed by atoms with Crippen LogP contribution in [0.4, 0.5) is 0 Å². The van der Waals surface area contributed by atoms with Gasteiger partial charge < -0.3 is 10.1 Å². The number of ether oxygens (including phenoxy) is 1. The molecule has 1 aromatic rings. The van der Waals surface area contributed by atoms with E-state index in [0.29, 0.717) is 5.41 Å². The highest BCUT2D eigenvalue weighted by atomic mass is 16.5. The predicted octanol–water partition coefficient (Wildman–Crippen LogP) is 2.55. The molecule has 0 atom stereocenters. The zero-order valence-corrected chi connectivity index (χ0v) is 10.6. The minimum atomic E-state index is 0.530. The Morgan fingerprint density at radius 3 is 2.94 bits per heavy atom. The standard InChI is InChI=1S/C15H21NO/c1-16-11-15(6-2-7-15)10-12-3-4-14-13(9-12)5-8-17-14/h3-4,9,16H,2,5-8,10-11H2,1H3. The normalized spacial score (nSPS) is 20.5. The van der Waals surface area contributed by atoms with Gasteiger partial charge in [0.15, 0.2) is 0 Å². The van der Waals surface area contributed by atoms with Crippen LogP contribution in [0.1, 0.15) is 30.4 Å². The molecule has 1 heterocycles. The lowest BCUT2D eigenvalue weighted by atomic mass is 9.65. The number of hydrogen-bond donors (Lipinski definition) is 1. The summed E-state index contributed by atoms with van der Waals surface area (Å²) in [5.74, 6) is 1.10. The molecule has 0 radical (unpaired) electrons. The van der Waals surface area contributed by atoms with Crippen molar-refractivity contribution in [2.24, 2.45) is 5.41 Å². The Labute approximate surface area is 103 Å². The molecule has 17 heavy (non-hydrogen) atoms. The van der Waals surface area contributed by atoms with E-state index in [4.69, 9.17) is 4.74 Å². The summed E-state index contributed by atoms with van der Waals surface area (Å²) < 4.78 is 5.56. The molecule has 0 spiro atoms. The summed E-state index contributed by atoms with van der Waals surface area (Å²) in [7, 11) is 2.07. The first-order chi connectivity index (χ1) is 8.31. The molecule has 92 valence electrons. The lowest BCUT2D eigenvalue weighted by molar-refractivity contribution is 0.133. The lowest BCUT2D eigenvalue weighted by Gasteiger charge is -2.42. The molecule has 1 fully saturated rings. The summed E-state index contributed by atoms with van der Waals surface area (Å²) in [6.07, 6.45) is 6.46. The lowest BCUT2D eigenvalue weighted by Crippen LogP contribution is -2.40. The molecule has 2 aliphatic rings. The SMILES string of the molecule is CNCC1(Cc2ccc3c(c2)CCO3)CCC1. The molecule has 0 bridgehead atoms. The Bertz CT molecular complexity index is 409. The molecule has 0 unspecified atom stereocenters. The van der Waals surface area contributed by atoms with Crippen molar-refractivity contribution in [1.29, 1.82) is 0 Å². The van der Waals surface area contributed by atoms with Gasteiger partial charge in [0, 0.05) is 13.0 Å². The van der Waals surface area contributed by atoms with Crippen LogP contribution in [0.25, 0.3) is 0 Å². The average molecular weight is 231 g/mol. The molecule has 2 heteroatoms. The van der Waals surface area contributed by atoms with Crippen LogP contribution in [0.3, 0.4) is 0 Å². The third-order valence-electron chi connectivity index (χ3n) is 4.30. The Morgan fingerprint density at radius 1 is 1.35 bits per heavy atom. The largest absolute Gasteiger partial charge is 0.493 e. The summed E-state index contributed by atoms with van der Waals surface area (Å²) in [5.41, 5.74) is 3.42. The molecule has 1 aliphatic carbocycles. The summed E-state index contributed by atoms with van der Waals surface area (Å²) in [6.45, 7) is 2.01. The van der Waals surface area contributed by atoms with Gasteiger partial charge in [0.2, 0.25) is 0 Å². The second-order valence-electron chi connectivity index (χ2n) is 5.60. The molecule has 1 aromatic carbocycles. The molecule has 2 nitrogen and oxygen atoms in total. The van der Waals surface area contributed by atoms with E-state index < -0.39 is 0 Å². The minimum Gasteiger partial charge on any atom is -0.493 e. The van der Waals surface area contributed by atoms with E-state index in [2.05, 4.69) is 30.6 Å². The van der Waals surface area contributed by atoms with E-state index >= 15 is 0 Å². The maximum Gasteiger partial charge on any atom is 0.122 e. The zero-order valence-electron chi connectivity index (χ0n) is 10.6. The van der Waals surface area contributed by atoms with Gasteiger partial charge in [-0.3, -0.25) is 0 Å². The fourth-order valence-corrected chi connectivity index (χ4v) is 3.25. The topological polar surface area (TPSA) is 21.3 Å². The van der Waals surface area contributed by atoms with Crippen molar-refractivity contribution in [1.82, 2.24) is 5.32 Å². The number of nitrogens with one attached hydrogen (secondary N) is 1. The van der Waals surface area contributed by atoms with Crippen molar-refractivity contribution in [3.05, 3.63) is 29.3 Å². The van der Waals surface area contributed by atoms with E-state index in [9.17, 15) is 0 Å². The van der Waals surface area contributed by atoms with Crippen LogP contribution in [-0.4, -0.2) is 20.2 Å². The van der Waals surface area contributed by atoms with E-state index in [1.165, 1.54) is 36.8 Å². The monoisotopic (exact) mass is 231 g/mol. The first-order valence-electron chi connectivity index (χ1n) is 6.71. The minimum absolute atomic E-state index is 0.530. The first kappa shape index (κ1) is 11.1. The quantitative estimate of drug-likeness (QED) is 0.860. The second-order valence-corrected chi connectivity index (χ2v) is 5.60. The van der Waals surface area contributed by atoms with Gasteiger partial charge in [-0.2, -0.15) is 0 Å². The van der Waals surface area contributed by atoms with Crippen molar-refractivity contribution in [2.75, 3.05) is 20.2 Å².